The summed E-state index contributed by atoms with van der Waals surface area (Å²) < 4.78 is 68.5. The Hall–Kier alpha value is -1.94. The van der Waals surface area contributed by atoms with Crippen molar-refractivity contribution in [2.75, 3.05) is 39.6 Å². The second-order valence-corrected chi connectivity index (χ2v) is 33.5. The molecule has 0 saturated heterocycles. The topological polar surface area (TPSA) is 237 Å². The van der Waals surface area contributed by atoms with Gasteiger partial charge in [-0.3, -0.25) is 37.3 Å². The molecule has 2 unspecified atom stereocenters. The van der Waals surface area contributed by atoms with Crippen molar-refractivity contribution >= 4 is 39.5 Å². The lowest BCUT2D eigenvalue weighted by Crippen LogP contribution is -2.30. The molecular weight excluding hydrogens is 1310 g/mol. The highest BCUT2D eigenvalue weighted by atomic mass is 31.2. The van der Waals surface area contributed by atoms with E-state index in [1.165, 1.54) is 231 Å². The summed E-state index contributed by atoms with van der Waals surface area (Å²) in [6.07, 6.45) is 60.1. The molecule has 0 rings (SSSR count). The summed E-state index contributed by atoms with van der Waals surface area (Å²) in [5.41, 5.74) is 0. The van der Waals surface area contributed by atoms with E-state index in [0.717, 1.165) is 102 Å². The normalized spacial score (nSPS) is 14.0. The zero-order valence-corrected chi connectivity index (χ0v) is 67.5. The standard InChI is InChI=1S/C81H158O17P2/c1-8-9-10-11-12-33-40-48-55-62-78(83)91-69-77(98-81(86)65-58-51-44-43-47-54-61-74(6)7)71-96-100(89,90)94-67-75(82)66-93-99(87,88)95-70-76(97-80(85)64-57-50-42-37-32-28-24-20-16-14-18-22-26-30-35-39-46-53-60-73(4)5)68-92-79(84)63-56-49-41-36-31-27-23-19-15-13-17-21-25-29-34-38-45-52-59-72(2)3/h72-77,82H,8-71H2,1-7H3,(H,87,88)(H,89,90)/t75-,76-,77-/m1/s1. The van der Waals surface area contributed by atoms with Crippen molar-refractivity contribution in [3.05, 3.63) is 0 Å². The predicted octanol–water partition coefficient (Wildman–Crippen LogP) is 24.1. The van der Waals surface area contributed by atoms with Gasteiger partial charge in [-0.25, -0.2) is 9.13 Å². The third kappa shape index (κ3) is 74.3. The number of phosphoric acid groups is 2. The highest BCUT2D eigenvalue weighted by Gasteiger charge is 2.30. The van der Waals surface area contributed by atoms with Crippen molar-refractivity contribution < 1.29 is 80.2 Å². The van der Waals surface area contributed by atoms with E-state index in [-0.39, 0.29) is 25.7 Å². The SMILES string of the molecule is CCCCCCCCCCCC(=O)OC[C@H](COP(=O)(O)OC[C@H](O)COP(=O)(O)OC[C@@H](COC(=O)CCCCCCCCCCCCCCCCCCCCC(C)C)OC(=O)CCCCCCCCCCCCCCCCCCCCC(C)C)OC(=O)CCCCCCCCC(C)C. The molecular formula is C81H158O17P2. The van der Waals surface area contributed by atoms with Crippen molar-refractivity contribution in [2.24, 2.45) is 17.8 Å². The minimum atomic E-state index is -4.96. The number of hydrogen-bond acceptors (Lipinski definition) is 15. The highest BCUT2D eigenvalue weighted by molar-refractivity contribution is 7.47. The summed E-state index contributed by atoms with van der Waals surface area (Å²) in [5, 5.41) is 10.6. The Bertz CT molecular complexity index is 1940. The number of unbranched alkanes of at least 4 members (excludes halogenated alkanes) is 47. The van der Waals surface area contributed by atoms with E-state index in [4.69, 9.17) is 37.0 Å². The minimum Gasteiger partial charge on any atom is -0.462 e. The second-order valence-electron chi connectivity index (χ2n) is 30.6. The maximum absolute atomic E-state index is 13.1. The van der Waals surface area contributed by atoms with Gasteiger partial charge in [-0.15, -0.1) is 0 Å². The van der Waals surface area contributed by atoms with E-state index < -0.39 is 97.5 Å². The van der Waals surface area contributed by atoms with Gasteiger partial charge in [-0.05, 0) is 43.4 Å². The first kappa shape index (κ1) is 98.1. The van der Waals surface area contributed by atoms with Gasteiger partial charge < -0.3 is 33.8 Å². The molecule has 0 fully saturated rings. The Morgan fingerprint density at radius 3 is 0.680 bits per heavy atom. The largest absolute Gasteiger partial charge is 0.472 e. The molecule has 0 aromatic heterocycles. The average molecular weight is 1470 g/mol. The number of esters is 4. The fourth-order valence-corrected chi connectivity index (χ4v) is 14.1. The van der Waals surface area contributed by atoms with Gasteiger partial charge >= 0.3 is 39.5 Å². The zero-order chi connectivity index (χ0) is 73.7. The lowest BCUT2D eigenvalue weighted by Gasteiger charge is -2.21. The number of phosphoric ester groups is 2. The van der Waals surface area contributed by atoms with Crippen molar-refractivity contribution in [3.8, 4) is 0 Å². The molecule has 0 radical (unpaired) electrons. The molecule has 0 amide bonds. The smallest absolute Gasteiger partial charge is 0.462 e. The van der Waals surface area contributed by atoms with Crippen LogP contribution in [-0.2, 0) is 65.4 Å². The molecule has 594 valence electrons. The number of carbonyl (C=O) groups excluding carboxylic acids is 4. The van der Waals surface area contributed by atoms with E-state index in [0.29, 0.717) is 31.6 Å². The number of aliphatic hydroxyl groups excluding tert-OH is 1. The predicted molar refractivity (Wildman–Crippen MR) is 409 cm³/mol. The maximum Gasteiger partial charge on any atom is 0.472 e. The lowest BCUT2D eigenvalue weighted by atomic mass is 10.0. The van der Waals surface area contributed by atoms with Crippen LogP contribution in [0.4, 0.5) is 0 Å². The van der Waals surface area contributed by atoms with Crippen LogP contribution in [0.25, 0.3) is 0 Å². The molecule has 0 aliphatic heterocycles. The number of aliphatic hydroxyl groups is 1. The number of hydrogen-bond donors (Lipinski definition) is 3. The monoisotopic (exact) mass is 1470 g/mol. The molecule has 0 aromatic carbocycles. The van der Waals surface area contributed by atoms with Crippen molar-refractivity contribution in [2.45, 2.75) is 439 Å². The fraction of sp³-hybridized carbons (Fsp3) is 0.951. The molecule has 5 atom stereocenters. The summed E-state index contributed by atoms with van der Waals surface area (Å²) in [5.74, 6) is 0.195. The molecule has 0 aromatic rings. The van der Waals surface area contributed by atoms with Crippen LogP contribution in [0.5, 0.6) is 0 Å². The van der Waals surface area contributed by atoms with Gasteiger partial charge in [0.05, 0.1) is 26.4 Å². The van der Waals surface area contributed by atoms with E-state index in [9.17, 15) is 43.2 Å². The van der Waals surface area contributed by atoms with Gasteiger partial charge in [0, 0.05) is 25.7 Å². The van der Waals surface area contributed by atoms with E-state index in [1.54, 1.807) is 0 Å². The highest BCUT2D eigenvalue weighted by Crippen LogP contribution is 2.45. The zero-order valence-electron chi connectivity index (χ0n) is 65.7. The average Bonchev–Trinajstić information content (AvgIpc) is 0.917. The Morgan fingerprint density at radius 2 is 0.460 bits per heavy atom. The first-order valence-electron chi connectivity index (χ1n) is 41.8. The molecule has 100 heavy (non-hydrogen) atoms. The maximum atomic E-state index is 13.1. The second kappa shape index (κ2) is 71.3. The van der Waals surface area contributed by atoms with Crippen LogP contribution < -0.4 is 0 Å². The number of carbonyl (C=O) groups is 4. The molecule has 3 N–H and O–H groups in total. The molecule has 17 nitrogen and oxygen atoms in total. The third-order valence-electron chi connectivity index (χ3n) is 18.9. The molecule has 0 spiro atoms. The molecule has 0 aliphatic rings. The van der Waals surface area contributed by atoms with Crippen LogP contribution >= 0.6 is 15.6 Å². The Morgan fingerprint density at radius 1 is 0.270 bits per heavy atom. The molecule has 0 saturated carbocycles. The van der Waals surface area contributed by atoms with Crippen LogP contribution in [0.1, 0.15) is 421 Å². The van der Waals surface area contributed by atoms with Gasteiger partial charge in [-0.2, -0.15) is 0 Å². The van der Waals surface area contributed by atoms with Gasteiger partial charge in [0.15, 0.2) is 12.2 Å². The van der Waals surface area contributed by atoms with Gasteiger partial charge in [-0.1, -0.05) is 370 Å². The van der Waals surface area contributed by atoms with Crippen molar-refractivity contribution in [1.82, 2.24) is 0 Å². The fourth-order valence-electron chi connectivity index (χ4n) is 12.5. The Kier molecular flexibility index (Phi) is 69.9. The number of rotatable bonds is 79. The number of ether oxygens (including phenoxy) is 4. The van der Waals surface area contributed by atoms with Crippen LogP contribution in [-0.4, -0.2) is 96.7 Å². The molecule has 0 heterocycles. The summed E-state index contributed by atoms with van der Waals surface area (Å²) >= 11 is 0. The summed E-state index contributed by atoms with van der Waals surface area (Å²) in [7, 11) is -9.91. The van der Waals surface area contributed by atoms with Gasteiger partial charge in [0.2, 0.25) is 0 Å². The van der Waals surface area contributed by atoms with Gasteiger partial charge in [0.25, 0.3) is 0 Å². The van der Waals surface area contributed by atoms with Crippen molar-refractivity contribution in [3.63, 3.8) is 0 Å². The third-order valence-corrected chi connectivity index (χ3v) is 20.8. The quantitative estimate of drug-likeness (QED) is 0.0222. The first-order valence-corrected chi connectivity index (χ1v) is 44.8. The lowest BCUT2D eigenvalue weighted by molar-refractivity contribution is -0.161. The molecule has 0 aliphatic carbocycles. The molecule has 0 bridgehead atoms. The summed E-state index contributed by atoms with van der Waals surface area (Å²) in [6.45, 7) is 11.9. The van der Waals surface area contributed by atoms with E-state index in [1.807, 2.05) is 0 Å². The van der Waals surface area contributed by atoms with Crippen molar-refractivity contribution in [1.29, 1.82) is 0 Å². The van der Waals surface area contributed by atoms with Gasteiger partial charge in [0.1, 0.15) is 19.3 Å². The van der Waals surface area contributed by atoms with Crippen LogP contribution in [0, 0.1) is 17.8 Å². The summed E-state index contributed by atoms with van der Waals surface area (Å²) in [6, 6.07) is 0. The Labute approximate surface area is 613 Å². The minimum absolute atomic E-state index is 0.102. The first-order chi connectivity index (χ1) is 48.2. The molecule has 19 heteroatoms. The van der Waals surface area contributed by atoms with Crippen LogP contribution in [0.15, 0.2) is 0 Å². The Balaban J connectivity index is 5.15. The van der Waals surface area contributed by atoms with E-state index in [2.05, 4.69) is 48.5 Å². The van der Waals surface area contributed by atoms with E-state index >= 15 is 0 Å². The van der Waals surface area contributed by atoms with Crippen LogP contribution in [0.2, 0.25) is 0 Å². The van der Waals surface area contributed by atoms with Crippen LogP contribution in [0.3, 0.4) is 0 Å². The summed E-state index contributed by atoms with van der Waals surface area (Å²) in [4.78, 5) is 72.8.